The molecular weight excluding hydrogens is 346 g/mol. The fourth-order valence-electron chi connectivity index (χ4n) is 1.90. The van der Waals surface area contributed by atoms with Crippen LogP contribution in [0.25, 0.3) is 0 Å². The van der Waals surface area contributed by atoms with Gasteiger partial charge in [0.2, 0.25) is 5.88 Å². The first kappa shape index (κ1) is 16.3. The number of nitrogens with zero attached hydrogens (tertiary/aromatic N) is 1. The number of rotatable bonds is 5. The molecule has 0 aliphatic heterocycles. The van der Waals surface area contributed by atoms with E-state index in [1.54, 1.807) is 19.4 Å². The highest BCUT2D eigenvalue weighted by Gasteiger charge is 2.09. The highest BCUT2D eigenvalue weighted by Crippen LogP contribution is 2.16. The summed E-state index contributed by atoms with van der Waals surface area (Å²) in [6, 6.07) is 11.2. The van der Waals surface area contributed by atoms with Crippen LogP contribution in [0.15, 0.2) is 47.1 Å². The zero-order valence-corrected chi connectivity index (χ0v) is 14.1. The second-order valence-corrected chi connectivity index (χ2v) is 5.72. The average Bonchev–Trinajstić information content (AvgIpc) is 2.54. The fourth-order valence-corrected chi connectivity index (χ4v) is 2.17. The maximum absolute atomic E-state index is 11.9. The third kappa shape index (κ3) is 4.73. The summed E-state index contributed by atoms with van der Waals surface area (Å²) in [5, 5.41) is 5.71. The molecule has 0 aliphatic carbocycles. The maximum Gasteiger partial charge on any atom is 0.315 e. The van der Waals surface area contributed by atoms with Crippen molar-refractivity contribution < 1.29 is 9.53 Å². The molecule has 116 valence electrons. The first-order chi connectivity index (χ1) is 10.6. The van der Waals surface area contributed by atoms with Crippen molar-refractivity contribution in [3.05, 3.63) is 58.2 Å². The summed E-state index contributed by atoms with van der Waals surface area (Å²) in [5.41, 5.74) is 1.96. The number of urea groups is 1. The Morgan fingerprint density at radius 3 is 2.59 bits per heavy atom. The number of hydrogen-bond donors (Lipinski definition) is 2. The predicted octanol–water partition coefficient (Wildman–Crippen LogP) is 3.41. The molecule has 0 radical (unpaired) electrons. The van der Waals surface area contributed by atoms with Crippen molar-refractivity contribution >= 4 is 22.0 Å². The first-order valence-corrected chi connectivity index (χ1v) is 7.66. The minimum atomic E-state index is -0.216. The number of amides is 2. The number of halogens is 1. The van der Waals surface area contributed by atoms with Gasteiger partial charge in [0.15, 0.2) is 0 Å². The van der Waals surface area contributed by atoms with E-state index in [0.717, 1.165) is 15.6 Å². The van der Waals surface area contributed by atoms with E-state index >= 15 is 0 Å². The number of carbonyl (C=O) groups excluding carboxylic acids is 1. The molecule has 0 spiro atoms. The van der Waals surface area contributed by atoms with Crippen molar-refractivity contribution in [2.24, 2.45) is 0 Å². The average molecular weight is 364 g/mol. The topological polar surface area (TPSA) is 63.2 Å². The van der Waals surface area contributed by atoms with Crippen LogP contribution < -0.4 is 15.4 Å². The van der Waals surface area contributed by atoms with Crippen molar-refractivity contribution in [3.63, 3.8) is 0 Å². The summed E-state index contributed by atoms with van der Waals surface area (Å²) >= 11 is 3.39. The Balaban J connectivity index is 1.83. The Bertz CT molecular complexity index is 614. The normalized spacial score (nSPS) is 11.6. The van der Waals surface area contributed by atoms with E-state index in [1.165, 1.54) is 0 Å². The molecule has 2 amide bonds. The lowest BCUT2D eigenvalue weighted by Crippen LogP contribution is -2.36. The summed E-state index contributed by atoms with van der Waals surface area (Å²) < 4.78 is 6.00. The largest absolute Gasteiger partial charge is 0.481 e. The Hall–Kier alpha value is -2.08. The smallest absolute Gasteiger partial charge is 0.315 e. The molecule has 0 bridgehead atoms. The summed E-state index contributed by atoms with van der Waals surface area (Å²) in [5.74, 6) is 0.553. The molecule has 0 fully saturated rings. The van der Waals surface area contributed by atoms with Crippen LogP contribution in [-0.4, -0.2) is 18.1 Å². The van der Waals surface area contributed by atoms with E-state index in [-0.39, 0.29) is 12.1 Å². The lowest BCUT2D eigenvalue weighted by molar-refractivity contribution is 0.237. The monoisotopic (exact) mass is 363 g/mol. The van der Waals surface area contributed by atoms with E-state index in [4.69, 9.17) is 4.74 Å². The van der Waals surface area contributed by atoms with Crippen LogP contribution in [0, 0.1) is 0 Å². The zero-order valence-electron chi connectivity index (χ0n) is 12.5. The van der Waals surface area contributed by atoms with E-state index in [0.29, 0.717) is 12.4 Å². The van der Waals surface area contributed by atoms with Gasteiger partial charge < -0.3 is 15.4 Å². The van der Waals surface area contributed by atoms with Crippen LogP contribution in [0.3, 0.4) is 0 Å². The van der Waals surface area contributed by atoms with Crippen LogP contribution >= 0.6 is 15.9 Å². The second-order valence-electron chi connectivity index (χ2n) is 4.81. The van der Waals surface area contributed by atoms with Crippen molar-refractivity contribution in [1.29, 1.82) is 0 Å². The predicted molar refractivity (Wildman–Crippen MR) is 88.7 cm³/mol. The molecule has 2 rings (SSSR count). The molecular formula is C16H18BrN3O2. The van der Waals surface area contributed by atoms with Gasteiger partial charge in [0.25, 0.3) is 0 Å². The van der Waals surface area contributed by atoms with Crippen LogP contribution in [0.5, 0.6) is 5.88 Å². The Kier molecular flexibility index (Phi) is 5.77. The summed E-state index contributed by atoms with van der Waals surface area (Å²) in [4.78, 5) is 16.0. The van der Waals surface area contributed by atoms with Crippen LogP contribution in [-0.2, 0) is 6.54 Å². The van der Waals surface area contributed by atoms with Gasteiger partial charge in [-0.1, -0.05) is 34.1 Å². The van der Waals surface area contributed by atoms with Crippen molar-refractivity contribution in [2.75, 3.05) is 7.11 Å². The number of ether oxygens (including phenoxy) is 1. The standard InChI is InChI=1S/C16H18BrN3O2/c1-11(13-4-6-14(17)7-5-13)20-16(21)19-10-12-3-8-15(22-2)18-9-12/h3-9,11H,10H2,1-2H3,(H2,19,20,21). The van der Waals surface area contributed by atoms with Gasteiger partial charge >= 0.3 is 6.03 Å². The number of benzene rings is 1. The van der Waals surface area contributed by atoms with Crippen molar-refractivity contribution in [3.8, 4) is 5.88 Å². The van der Waals surface area contributed by atoms with Crippen LogP contribution in [0.1, 0.15) is 24.1 Å². The molecule has 1 aromatic carbocycles. The highest BCUT2D eigenvalue weighted by molar-refractivity contribution is 9.10. The molecule has 2 aromatic rings. The van der Waals surface area contributed by atoms with Gasteiger partial charge in [-0.2, -0.15) is 0 Å². The molecule has 22 heavy (non-hydrogen) atoms. The molecule has 1 unspecified atom stereocenters. The van der Waals surface area contributed by atoms with Gasteiger partial charge in [-0.05, 0) is 30.2 Å². The molecule has 1 atom stereocenters. The van der Waals surface area contributed by atoms with Crippen LogP contribution in [0.2, 0.25) is 0 Å². The van der Waals surface area contributed by atoms with E-state index in [2.05, 4.69) is 31.5 Å². The molecule has 0 saturated heterocycles. The lowest BCUT2D eigenvalue weighted by Gasteiger charge is -2.15. The summed E-state index contributed by atoms with van der Waals surface area (Å²) in [7, 11) is 1.57. The fraction of sp³-hybridized carbons (Fsp3) is 0.250. The molecule has 6 heteroatoms. The highest BCUT2D eigenvalue weighted by atomic mass is 79.9. The minimum absolute atomic E-state index is 0.0675. The molecule has 1 aromatic heterocycles. The maximum atomic E-state index is 11.9. The number of hydrogen-bond acceptors (Lipinski definition) is 3. The Morgan fingerprint density at radius 2 is 2.00 bits per heavy atom. The number of pyridine rings is 1. The van der Waals surface area contributed by atoms with E-state index in [9.17, 15) is 4.79 Å². The Morgan fingerprint density at radius 1 is 1.27 bits per heavy atom. The molecule has 1 heterocycles. The SMILES string of the molecule is COc1ccc(CNC(=O)NC(C)c2ccc(Br)cc2)cn1. The quantitative estimate of drug-likeness (QED) is 0.855. The van der Waals surface area contributed by atoms with E-state index in [1.807, 2.05) is 37.3 Å². The van der Waals surface area contributed by atoms with Gasteiger partial charge in [0, 0.05) is 23.3 Å². The summed E-state index contributed by atoms with van der Waals surface area (Å²) in [6.07, 6.45) is 1.68. The minimum Gasteiger partial charge on any atom is -0.481 e. The van der Waals surface area contributed by atoms with Gasteiger partial charge in [-0.15, -0.1) is 0 Å². The summed E-state index contributed by atoms with van der Waals surface area (Å²) in [6.45, 7) is 2.35. The Labute approximate surface area is 138 Å². The van der Waals surface area contributed by atoms with Crippen LogP contribution in [0.4, 0.5) is 4.79 Å². The third-order valence-corrected chi connectivity index (χ3v) is 3.71. The third-order valence-electron chi connectivity index (χ3n) is 3.18. The van der Waals surface area contributed by atoms with Crippen molar-refractivity contribution in [2.45, 2.75) is 19.5 Å². The lowest BCUT2D eigenvalue weighted by atomic mass is 10.1. The number of methoxy groups -OCH3 is 1. The number of aromatic nitrogens is 1. The van der Waals surface area contributed by atoms with Gasteiger partial charge in [-0.3, -0.25) is 0 Å². The number of nitrogens with one attached hydrogen (secondary N) is 2. The second kappa shape index (κ2) is 7.79. The molecule has 2 N–H and O–H groups in total. The van der Waals surface area contributed by atoms with E-state index < -0.39 is 0 Å². The van der Waals surface area contributed by atoms with Gasteiger partial charge in [0.1, 0.15) is 0 Å². The molecule has 0 saturated carbocycles. The zero-order chi connectivity index (χ0) is 15.9. The van der Waals surface area contributed by atoms with Gasteiger partial charge in [-0.25, -0.2) is 9.78 Å². The molecule has 5 nitrogen and oxygen atoms in total. The van der Waals surface area contributed by atoms with Crippen molar-refractivity contribution in [1.82, 2.24) is 15.6 Å². The number of carbonyl (C=O) groups is 1. The molecule has 0 aliphatic rings. The van der Waals surface area contributed by atoms with Gasteiger partial charge in [0.05, 0.1) is 13.2 Å². The first-order valence-electron chi connectivity index (χ1n) is 6.87.